The second-order valence-electron chi connectivity index (χ2n) is 9.90. The lowest BCUT2D eigenvalue weighted by Crippen LogP contribution is -2.67. The number of carbonyl (C=O) groups is 7. The molecule has 2 fully saturated rings. The van der Waals surface area contributed by atoms with Crippen LogP contribution in [0.1, 0.15) is 48.5 Å². The van der Waals surface area contributed by atoms with Crippen LogP contribution in [-0.2, 0) is 85.7 Å². The monoisotopic (exact) mass is 650 g/mol. The van der Waals surface area contributed by atoms with E-state index in [-0.39, 0.29) is 0 Å². The van der Waals surface area contributed by atoms with Gasteiger partial charge in [0.1, 0.15) is 25.4 Å². The van der Waals surface area contributed by atoms with Gasteiger partial charge >= 0.3 is 41.8 Å². The summed E-state index contributed by atoms with van der Waals surface area (Å²) in [6, 6.07) is 0. The molecule has 0 N–H and O–H groups in total. The molecule has 2 saturated heterocycles. The van der Waals surface area contributed by atoms with Crippen molar-refractivity contribution in [2.45, 2.75) is 110 Å². The molecule has 0 aromatic heterocycles. The van der Waals surface area contributed by atoms with Gasteiger partial charge in [0.2, 0.25) is 0 Å². The number of methoxy groups -OCH3 is 1. The van der Waals surface area contributed by atoms with E-state index < -0.39 is 116 Å². The van der Waals surface area contributed by atoms with Crippen molar-refractivity contribution < 1.29 is 85.7 Å². The maximum Gasteiger partial charge on any atom is 0.303 e. The average molecular weight is 651 g/mol. The van der Waals surface area contributed by atoms with E-state index in [1.54, 1.807) is 0 Å². The average Bonchev–Trinajstić information content (AvgIpc) is 2.90. The van der Waals surface area contributed by atoms with E-state index in [1.807, 2.05) is 0 Å². The Morgan fingerprint density at radius 3 is 1.13 bits per heavy atom. The first-order valence-electron chi connectivity index (χ1n) is 13.7. The van der Waals surface area contributed by atoms with Crippen LogP contribution in [0.5, 0.6) is 0 Å². The van der Waals surface area contributed by atoms with Crippen LogP contribution in [0.15, 0.2) is 0 Å². The molecule has 0 aliphatic carbocycles. The first kappa shape index (κ1) is 37.3. The Labute approximate surface area is 258 Å². The fraction of sp³-hybridized carbons (Fsp3) is 0.741. The zero-order chi connectivity index (χ0) is 34.0. The van der Waals surface area contributed by atoms with E-state index in [1.165, 1.54) is 7.11 Å². The van der Waals surface area contributed by atoms with Gasteiger partial charge in [-0.25, -0.2) is 0 Å². The molecule has 254 valence electrons. The van der Waals surface area contributed by atoms with Crippen LogP contribution in [-0.4, -0.2) is 124 Å². The smallest absolute Gasteiger partial charge is 0.303 e. The molecule has 18 nitrogen and oxygen atoms in total. The summed E-state index contributed by atoms with van der Waals surface area (Å²) in [5, 5.41) is 0. The zero-order valence-corrected chi connectivity index (χ0v) is 26.0. The predicted octanol–water partition coefficient (Wildman–Crippen LogP) is -0.747. The SMILES string of the molecule is CO[C@@H]1O[C@H](COC(C)=O)[C@H](OC(C)=O)[C@H](OC(C)=O)[C@H]1O[C@H]1O[C@H](COC(C)=O)[C@@H](OC(C)=O)[C@H](OC(C)=O)[C@H]1OC(C)=O. The van der Waals surface area contributed by atoms with E-state index in [4.69, 9.17) is 52.1 Å². The molecular weight excluding hydrogens is 612 g/mol. The minimum Gasteiger partial charge on any atom is -0.463 e. The number of carbonyl (C=O) groups excluding carboxylic acids is 7. The molecule has 0 spiro atoms. The molecule has 10 atom stereocenters. The van der Waals surface area contributed by atoms with E-state index in [0.717, 1.165) is 48.5 Å². The van der Waals surface area contributed by atoms with E-state index in [2.05, 4.69) is 0 Å². The topological polar surface area (TPSA) is 221 Å². The summed E-state index contributed by atoms with van der Waals surface area (Å²) in [5.74, 6) is -5.71. The van der Waals surface area contributed by atoms with Gasteiger partial charge in [0.25, 0.3) is 0 Å². The Morgan fingerprint density at radius 1 is 0.444 bits per heavy atom. The van der Waals surface area contributed by atoms with Crippen molar-refractivity contribution >= 4 is 41.8 Å². The summed E-state index contributed by atoms with van der Waals surface area (Å²) in [5.41, 5.74) is 0. The third-order valence-electron chi connectivity index (χ3n) is 6.12. The molecule has 18 heteroatoms. The summed E-state index contributed by atoms with van der Waals surface area (Å²) in [6.07, 6.45) is -14.9. The molecule has 0 bridgehead atoms. The maximum atomic E-state index is 12.2. The first-order valence-corrected chi connectivity index (χ1v) is 13.7. The predicted molar refractivity (Wildman–Crippen MR) is 140 cm³/mol. The zero-order valence-electron chi connectivity index (χ0n) is 26.0. The van der Waals surface area contributed by atoms with Gasteiger partial charge in [-0.2, -0.15) is 0 Å². The number of esters is 7. The second kappa shape index (κ2) is 17.0. The third kappa shape index (κ3) is 11.2. The van der Waals surface area contributed by atoms with Crippen molar-refractivity contribution in [2.24, 2.45) is 0 Å². The van der Waals surface area contributed by atoms with Gasteiger partial charge in [-0.3, -0.25) is 33.6 Å². The first-order chi connectivity index (χ1) is 21.0. The molecule has 0 saturated carbocycles. The fourth-order valence-electron chi connectivity index (χ4n) is 4.66. The Hall–Kier alpha value is -3.87. The summed E-state index contributed by atoms with van der Waals surface area (Å²) < 4.78 is 60.6. The quantitative estimate of drug-likeness (QED) is 0.187. The number of rotatable bonds is 12. The second-order valence-corrected chi connectivity index (χ2v) is 9.90. The summed E-state index contributed by atoms with van der Waals surface area (Å²) in [6.45, 7) is 6.53. The normalized spacial score (nSPS) is 31.0. The van der Waals surface area contributed by atoms with Gasteiger partial charge in [-0.1, -0.05) is 0 Å². The van der Waals surface area contributed by atoms with Crippen LogP contribution >= 0.6 is 0 Å². The molecule has 0 radical (unpaired) electrons. The van der Waals surface area contributed by atoms with Crippen molar-refractivity contribution in [3.63, 3.8) is 0 Å². The van der Waals surface area contributed by atoms with Crippen molar-refractivity contribution in [1.29, 1.82) is 0 Å². The van der Waals surface area contributed by atoms with Gasteiger partial charge < -0.3 is 52.1 Å². The van der Waals surface area contributed by atoms with Crippen LogP contribution in [0, 0.1) is 0 Å². The van der Waals surface area contributed by atoms with E-state index >= 15 is 0 Å². The molecular formula is C27H38O18. The standard InChI is InChI=1S/C27H38O18/c1-11(28)36-9-18-20(38-13(3)30)22(40-15(5)32)24(26(35-8)43-18)45-27-25(42-17(7)34)23(41-16(6)33)21(39-14(4)31)19(44-27)10-37-12(2)29/h18-27H,9-10H2,1-8H3/t18-,19-,20+,21-,22+,23+,24-,25-,26-,27-/m1/s1. The van der Waals surface area contributed by atoms with Gasteiger partial charge in [-0.05, 0) is 0 Å². The van der Waals surface area contributed by atoms with Gasteiger partial charge in [0, 0.05) is 55.6 Å². The summed E-state index contributed by atoms with van der Waals surface area (Å²) >= 11 is 0. The maximum absolute atomic E-state index is 12.2. The third-order valence-corrected chi connectivity index (χ3v) is 6.12. The number of ether oxygens (including phenoxy) is 11. The van der Waals surface area contributed by atoms with Gasteiger partial charge in [0.05, 0.1) is 0 Å². The van der Waals surface area contributed by atoms with E-state index in [0.29, 0.717) is 0 Å². The highest BCUT2D eigenvalue weighted by Crippen LogP contribution is 2.35. The van der Waals surface area contributed by atoms with Crippen molar-refractivity contribution in [1.82, 2.24) is 0 Å². The molecule has 0 aromatic carbocycles. The fourth-order valence-corrected chi connectivity index (χ4v) is 4.66. The molecule has 2 rings (SSSR count). The molecule has 2 aliphatic rings. The Kier molecular flexibility index (Phi) is 14.1. The highest BCUT2D eigenvalue weighted by Gasteiger charge is 2.57. The Morgan fingerprint density at radius 2 is 0.778 bits per heavy atom. The molecule has 0 aromatic rings. The van der Waals surface area contributed by atoms with Crippen molar-refractivity contribution in [3.05, 3.63) is 0 Å². The van der Waals surface area contributed by atoms with E-state index in [9.17, 15) is 33.6 Å². The number of hydrogen-bond donors (Lipinski definition) is 0. The van der Waals surface area contributed by atoms with Crippen LogP contribution in [0.4, 0.5) is 0 Å². The van der Waals surface area contributed by atoms with Gasteiger partial charge in [0.15, 0.2) is 49.2 Å². The highest BCUT2D eigenvalue weighted by molar-refractivity contribution is 5.69. The summed E-state index contributed by atoms with van der Waals surface area (Å²) in [4.78, 5) is 83.8. The number of hydrogen-bond acceptors (Lipinski definition) is 18. The highest BCUT2D eigenvalue weighted by atomic mass is 16.8. The van der Waals surface area contributed by atoms with Crippen molar-refractivity contribution in [3.8, 4) is 0 Å². The Balaban J connectivity index is 2.64. The lowest BCUT2D eigenvalue weighted by atomic mass is 9.96. The van der Waals surface area contributed by atoms with Crippen LogP contribution in [0.3, 0.4) is 0 Å². The van der Waals surface area contributed by atoms with Crippen molar-refractivity contribution in [2.75, 3.05) is 20.3 Å². The Bertz CT molecular complexity index is 1110. The molecule has 45 heavy (non-hydrogen) atoms. The van der Waals surface area contributed by atoms with Crippen LogP contribution in [0.2, 0.25) is 0 Å². The molecule has 2 heterocycles. The largest absolute Gasteiger partial charge is 0.463 e. The lowest BCUT2D eigenvalue weighted by Gasteiger charge is -2.48. The van der Waals surface area contributed by atoms with Crippen LogP contribution < -0.4 is 0 Å². The van der Waals surface area contributed by atoms with Crippen LogP contribution in [0.25, 0.3) is 0 Å². The lowest BCUT2D eigenvalue weighted by molar-refractivity contribution is -0.366. The minimum absolute atomic E-state index is 0.448. The summed E-state index contributed by atoms with van der Waals surface area (Å²) in [7, 11) is 1.20. The molecule has 0 amide bonds. The minimum atomic E-state index is -1.74. The van der Waals surface area contributed by atoms with Gasteiger partial charge in [-0.15, -0.1) is 0 Å². The molecule has 2 aliphatic heterocycles. The molecule has 0 unspecified atom stereocenters.